The molecule has 0 spiro atoms. The fraction of sp³-hybridized carbons (Fsp3) is 0.346. The zero-order valence-corrected chi connectivity index (χ0v) is 21.5. The van der Waals surface area contributed by atoms with Crippen molar-refractivity contribution >= 4 is 33.9 Å². The van der Waals surface area contributed by atoms with Gasteiger partial charge in [0, 0.05) is 36.2 Å². The van der Waals surface area contributed by atoms with Crippen LogP contribution in [0.5, 0.6) is 11.6 Å². The number of hydrogen-bond acceptors (Lipinski definition) is 7. The second kappa shape index (κ2) is 10.9. The topological polar surface area (TPSA) is 98.5 Å². The highest BCUT2D eigenvalue weighted by Crippen LogP contribution is 2.41. The maximum absolute atomic E-state index is 14.6. The summed E-state index contributed by atoms with van der Waals surface area (Å²) in [6, 6.07) is 5.60. The van der Waals surface area contributed by atoms with E-state index in [-0.39, 0.29) is 4.88 Å². The minimum atomic E-state index is -1.01. The third-order valence-corrected chi connectivity index (χ3v) is 7.22. The molecule has 0 bridgehead atoms. The van der Waals surface area contributed by atoms with Crippen molar-refractivity contribution in [2.24, 2.45) is 0 Å². The predicted octanol–water partition coefficient (Wildman–Crippen LogP) is 5.91. The van der Waals surface area contributed by atoms with Crippen molar-refractivity contribution < 1.29 is 23.8 Å². The van der Waals surface area contributed by atoms with Crippen LogP contribution in [-0.2, 0) is 6.54 Å². The minimum absolute atomic E-state index is 0.181. The number of nitrogens with zero attached hydrogens (tertiary/aromatic N) is 3. The van der Waals surface area contributed by atoms with E-state index in [1.54, 1.807) is 6.20 Å². The van der Waals surface area contributed by atoms with Crippen LogP contribution in [0.25, 0.3) is 21.5 Å². The number of unbranched alkanes of at least 4 members (excludes halogenated alkanes) is 1. The molecule has 0 unspecified atom stereocenters. The normalized spacial score (nSPS) is 11.1. The molecule has 0 radical (unpaired) electrons. The molecule has 0 aliphatic carbocycles. The third kappa shape index (κ3) is 4.99. The van der Waals surface area contributed by atoms with Gasteiger partial charge >= 0.3 is 5.97 Å². The van der Waals surface area contributed by atoms with Crippen LogP contribution >= 0.6 is 11.3 Å². The van der Waals surface area contributed by atoms with Crippen molar-refractivity contribution in [2.75, 3.05) is 25.6 Å². The van der Waals surface area contributed by atoms with E-state index < -0.39 is 11.8 Å². The summed E-state index contributed by atoms with van der Waals surface area (Å²) < 4.78 is 27.6. The highest BCUT2D eigenvalue weighted by molar-refractivity contribution is 7.17. The Labute approximate surface area is 212 Å². The lowest BCUT2D eigenvalue weighted by Crippen LogP contribution is -2.12. The highest BCUT2D eigenvalue weighted by Gasteiger charge is 2.23. The number of carbonyl (C=O) groups is 1. The molecule has 2 N–H and O–H groups in total. The molecule has 4 aromatic rings. The fourth-order valence-electron chi connectivity index (χ4n) is 4.15. The number of rotatable bonds is 11. The SMILES string of the molecule is CCCCOc1c(C(=O)O)sc(-c2cc(NCCn3c(C)cc4c(OC)ncc(F)c43)ccn2)c1C. The van der Waals surface area contributed by atoms with Crippen molar-refractivity contribution in [3.63, 3.8) is 0 Å². The van der Waals surface area contributed by atoms with Crippen LogP contribution < -0.4 is 14.8 Å². The number of aromatic nitrogens is 3. The molecule has 0 atom stereocenters. The number of halogens is 1. The van der Waals surface area contributed by atoms with E-state index in [4.69, 9.17) is 9.47 Å². The monoisotopic (exact) mass is 512 g/mol. The van der Waals surface area contributed by atoms with Gasteiger partial charge in [-0.1, -0.05) is 13.3 Å². The van der Waals surface area contributed by atoms with E-state index in [2.05, 4.69) is 22.2 Å². The van der Waals surface area contributed by atoms with E-state index in [1.165, 1.54) is 24.6 Å². The Balaban J connectivity index is 1.54. The Morgan fingerprint density at radius 3 is 2.81 bits per heavy atom. The summed E-state index contributed by atoms with van der Waals surface area (Å²) in [5.41, 5.74) is 3.62. The summed E-state index contributed by atoms with van der Waals surface area (Å²) in [6.45, 7) is 7.36. The second-order valence-corrected chi connectivity index (χ2v) is 9.41. The zero-order valence-electron chi connectivity index (χ0n) is 20.7. The van der Waals surface area contributed by atoms with Gasteiger partial charge in [-0.2, -0.15) is 0 Å². The molecule has 0 aliphatic heterocycles. The molecule has 190 valence electrons. The highest BCUT2D eigenvalue weighted by atomic mass is 32.1. The van der Waals surface area contributed by atoms with Gasteiger partial charge in [-0.3, -0.25) is 4.98 Å². The van der Waals surface area contributed by atoms with Gasteiger partial charge in [-0.25, -0.2) is 14.2 Å². The number of aryl methyl sites for hydroxylation is 1. The third-order valence-electron chi connectivity index (χ3n) is 5.94. The first-order valence-corrected chi connectivity index (χ1v) is 12.5. The van der Waals surface area contributed by atoms with E-state index in [0.717, 1.165) is 34.7 Å². The van der Waals surface area contributed by atoms with Crippen molar-refractivity contribution in [2.45, 2.75) is 40.2 Å². The Morgan fingerprint density at radius 2 is 2.08 bits per heavy atom. The number of ether oxygens (including phenoxy) is 2. The second-order valence-electron chi connectivity index (χ2n) is 8.39. The number of anilines is 1. The van der Waals surface area contributed by atoms with Crippen LogP contribution in [0.4, 0.5) is 10.1 Å². The molecule has 0 fully saturated rings. The molecular formula is C26H29FN4O4S. The lowest BCUT2D eigenvalue weighted by molar-refractivity contribution is 0.0698. The van der Waals surface area contributed by atoms with Crippen LogP contribution in [-0.4, -0.2) is 45.9 Å². The molecule has 0 aromatic carbocycles. The number of thiophene rings is 1. The van der Waals surface area contributed by atoms with E-state index >= 15 is 0 Å². The molecule has 0 amide bonds. The quantitative estimate of drug-likeness (QED) is 0.241. The maximum atomic E-state index is 14.6. The van der Waals surface area contributed by atoms with Gasteiger partial charge in [0.05, 0.1) is 41.4 Å². The summed E-state index contributed by atoms with van der Waals surface area (Å²) >= 11 is 1.17. The number of aromatic carboxylic acids is 1. The van der Waals surface area contributed by atoms with E-state index in [1.807, 2.05) is 36.6 Å². The smallest absolute Gasteiger partial charge is 0.349 e. The number of fused-ring (bicyclic) bond motifs is 1. The van der Waals surface area contributed by atoms with Crippen molar-refractivity contribution in [1.82, 2.24) is 14.5 Å². The molecule has 4 aromatic heterocycles. The van der Waals surface area contributed by atoms with Crippen LogP contribution in [0.2, 0.25) is 0 Å². The lowest BCUT2D eigenvalue weighted by atomic mass is 10.2. The van der Waals surface area contributed by atoms with Crippen LogP contribution in [0.3, 0.4) is 0 Å². The number of nitrogens with one attached hydrogen (secondary N) is 1. The Hall–Kier alpha value is -3.66. The van der Waals surface area contributed by atoms with Gasteiger partial charge in [-0.05, 0) is 38.5 Å². The van der Waals surface area contributed by atoms with Gasteiger partial charge in [0.25, 0.3) is 0 Å². The van der Waals surface area contributed by atoms with E-state index in [9.17, 15) is 14.3 Å². The van der Waals surface area contributed by atoms with Crippen molar-refractivity contribution in [3.8, 4) is 22.2 Å². The molecule has 10 heteroatoms. The van der Waals surface area contributed by atoms with Gasteiger partial charge in [0.1, 0.15) is 5.75 Å². The van der Waals surface area contributed by atoms with Crippen LogP contribution in [0.1, 0.15) is 40.7 Å². The number of pyridine rings is 2. The predicted molar refractivity (Wildman–Crippen MR) is 139 cm³/mol. The van der Waals surface area contributed by atoms with Crippen LogP contribution in [0.15, 0.2) is 30.6 Å². The molecule has 0 aliphatic rings. The number of carboxylic acids is 1. The average Bonchev–Trinajstić information content (AvgIpc) is 3.37. The van der Waals surface area contributed by atoms with Gasteiger partial charge in [-0.15, -0.1) is 11.3 Å². The van der Waals surface area contributed by atoms with Gasteiger partial charge in [0.2, 0.25) is 5.88 Å². The molecule has 0 saturated heterocycles. The number of hydrogen-bond donors (Lipinski definition) is 2. The molecule has 4 heterocycles. The maximum Gasteiger partial charge on any atom is 0.349 e. The standard InChI is InChI=1S/C26H29FN4O4S/c1-5-6-11-35-22-16(3)23(36-24(22)26(32)33)20-13-17(7-8-29-20)28-9-10-31-15(2)12-18-21(31)19(27)14-30-25(18)34-4/h7-8,12-14H,5-6,9-11H2,1-4H3,(H,28,29)(H,32,33). The summed E-state index contributed by atoms with van der Waals surface area (Å²) in [7, 11) is 1.52. The lowest BCUT2D eigenvalue weighted by Gasteiger charge is -2.12. The summed E-state index contributed by atoms with van der Waals surface area (Å²) in [4.78, 5) is 21.2. The van der Waals surface area contributed by atoms with Gasteiger partial charge in [0.15, 0.2) is 10.7 Å². The van der Waals surface area contributed by atoms with Crippen molar-refractivity contribution in [3.05, 3.63) is 52.5 Å². The fourth-order valence-corrected chi connectivity index (χ4v) is 5.21. The molecule has 0 saturated carbocycles. The first-order chi connectivity index (χ1) is 17.3. The van der Waals surface area contributed by atoms with E-state index in [0.29, 0.717) is 47.9 Å². The first-order valence-electron chi connectivity index (χ1n) is 11.7. The largest absolute Gasteiger partial charge is 0.491 e. The number of carboxylic acid groups (broad SMARTS) is 1. The van der Waals surface area contributed by atoms with Gasteiger partial charge < -0.3 is 24.5 Å². The van der Waals surface area contributed by atoms with Crippen molar-refractivity contribution in [1.29, 1.82) is 0 Å². The first kappa shape index (κ1) is 25.4. The minimum Gasteiger partial charge on any atom is -0.491 e. The molecule has 8 nitrogen and oxygen atoms in total. The molecular weight excluding hydrogens is 483 g/mol. The summed E-state index contributed by atoms with van der Waals surface area (Å²) in [5, 5.41) is 13.7. The Kier molecular flexibility index (Phi) is 7.73. The Bertz CT molecular complexity index is 1400. The summed E-state index contributed by atoms with van der Waals surface area (Å²) in [5.74, 6) is -0.601. The Morgan fingerprint density at radius 1 is 1.28 bits per heavy atom. The zero-order chi connectivity index (χ0) is 25.8. The average molecular weight is 513 g/mol. The summed E-state index contributed by atoms with van der Waals surface area (Å²) in [6.07, 6.45) is 4.67. The number of methoxy groups -OCH3 is 1. The molecule has 4 rings (SSSR count). The molecule has 36 heavy (non-hydrogen) atoms. The van der Waals surface area contributed by atoms with Crippen LogP contribution in [0, 0.1) is 19.7 Å².